The first kappa shape index (κ1) is 16.7. The molecule has 0 aliphatic carbocycles. The molecule has 0 radical (unpaired) electrons. The second kappa shape index (κ2) is 5.56. The molecule has 1 heterocycles. The van der Waals surface area contributed by atoms with Gasteiger partial charge in [0.2, 0.25) is 0 Å². The van der Waals surface area contributed by atoms with Crippen molar-refractivity contribution in [1.29, 1.82) is 5.26 Å². The van der Waals surface area contributed by atoms with Crippen LogP contribution >= 0.6 is 0 Å². The van der Waals surface area contributed by atoms with Gasteiger partial charge in [-0.2, -0.15) is 13.7 Å². The first-order valence-electron chi connectivity index (χ1n) is 6.28. The summed E-state index contributed by atoms with van der Waals surface area (Å²) in [5.41, 5.74) is -2.08. The minimum atomic E-state index is -4.78. The van der Waals surface area contributed by atoms with E-state index in [2.05, 4.69) is 0 Å². The number of nitrogens with zero attached hydrogens (tertiary/aromatic N) is 2. The van der Waals surface area contributed by atoms with E-state index >= 15 is 0 Å². The average molecular weight is 306 g/mol. The quantitative estimate of drug-likeness (QED) is 0.726. The highest BCUT2D eigenvalue weighted by Crippen LogP contribution is 2.32. The molecule has 1 unspecified atom stereocenters. The van der Waals surface area contributed by atoms with Crippen molar-refractivity contribution in [2.75, 3.05) is 18.8 Å². The Bertz CT molecular complexity index is 521. The summed E-state index contributed by atoms with van der Waals surface area (Å²) < 4.78 is 39.7. The smallest absolute Gasteiger partial charge is 0.410 e. The van der Waals surface area contributed by atoms with Crippen LogP contribution < -0.4 is 0 Å². The number of carbonyl (C=O) groups is 1. The molecule has 1 aliphatic rings. The van der Waals surface area contributed by atoms with Gasteiger partial charge in [-0.15, -0.1) is 3.89 Å². The highest BCUT2D eigenvalue weighted by molar-refractivity contribution is 7.86. The summed E-state index contributed by atoms with van der Waals surface area (Å²) in [6.45, 7) is 5.35. The molecule has 0 N–H and O–H groups in total. The minimum Gasteiger partial charge on any atom is -0.444 e. The van der Waals surface area contributed by atoms with E-state index in [0.29, 0.717) is 13.0 Å². The molecule has 0 aromatic rings. The lowest BCUT2D eigenvalue weighted by Gasteiger charge is -2.37. The zero-order valence-corrected chi connectivity index (χ0v) is 12.7. The van der Waals surface area contributed by atoms with Crippen LogP contribution in [0.4, 0.5) is 8.68 Å². The third-order valence-electron chi connectivity index (χ3n) is 2.91. The van der Waals surface area contributed by atoms with Crippen molar-refractivity contribution in [3.63, 3.8) is 0 Å². The van der Waals surface area contributed by atoms with Gasteiger partial charge in [0, 0.05) is 13.1 Å². The Balaban J connectivity index is 2.85. The van der Waals surface area contributed by atoms with Crippen LogP contribution in [0.1, 0.15) is 33.6 Å². The number of piperidine rings is 1. The normalized spacial score (nSPS) is 24.1. The SMILES string of the molecule is CC(C)(C)OC(=O)N1CCCC(C#N)(CS(=O)(=O)F)C1. The van der Waals surface area contributed by atoms with Crippen LogP contribution in [0.15, 0.2) is 0 Å². The van der Waals surface area contributed by atoms with Gasteiger partial charge in [-0.3, -0.25) is 0 Å². The van der Waals surface area contributed by atoms with E-state index in [0.717, 1.165) is 0 Å². The van der Waals surface area contributed by atoms with Crippen LogP contribution in [-0.4, -0.2) is 43.9 Å². The van der Waals surface area contributed by atoms with Crippen molar-refractivity contribution in [1.82, 2.24) is 4.90 Å². The number of hydrogen-bond donors (Lipinski definition) is 0. The van der Waals surface area contributed by atoms with E-state index in [4.69, 9.17) is 4.74 Å². The Labute approximate surface area is 118 Å². The summed E-state index contributed by atoms with van der Waals surface area (Å²) in [6.07, 6.45) is 0.0574. The highest BCUT2D eigenvalue weighted by atomic mass is 32.3. The average Bonchev–Trinajstić information content (AvgIpc) is 2.24. The summed E-state index contributed by atoms with van der Waals surface area (Å²) in [5.74, 6) is -0.893. The minimum absolute atomic E-state index is 0.137. The summed E-state index contributed by atoms with van der Waals surface area (Å²) in [6, 6.07) is 1.85. The van der Waals surface area contributed by atoms with E-state index in [1.54, 1.807) is 20.8 Å². The van der Waals surface area contributed by atoms with Gasteiger partial charge in [-0.1, -0.05) is 0 Å². The molecule has 1 atom stereocenters. The first-order chi connectivity index (χ1) is 8.96. The summed E-state index contributed by atoms with van der Waals surface area (Å²) >= 11 is 0. The Hall–Kier alpha value is -1.36. The van der Waals surface area contributed by atoms with Crippen LogP contribution in [0.3, 0.4) is 0 Å². The molecular formula is C12H19FN2O4S. The van der Waals surface area contributed by atoms with Crippen LogP contribution in [0.5, 0.6) is 0 Å². The molecule has 1 amide bonds. The van der Waals surface area contributed by atoms with E-state index in [1.807, 2.05) is 6.07 Å². The second-order valence-corrected chi connectivity index (χ2v) is 7.45. The number of likely N-dealkylation sites (tertiary alicyclic amines) is 1. The highest BCUT2D eigenvalue weighted by Gasteiger charge is 2.42. The van der Waals surface area contributed by atoms with Crippen molar-refractivity contribution in [2.24, 2.45) is 5.41 Å². The molecule has 8 heteroatoms. The summed E-state index contributed by atoms with van der Waals surface area (Å²) in [7, 11) is -4.78. The van der Waals surface area contributed by atoms with Crippen molar-refractivity contribution < 1.29 is 21.8 Å². The molecule has 114 valence electrons. The Morgan fingerprint density at radius 1 is 1.50 bits per heavy atom. The maximum Gasteiger partial charge on any atom is 0.410 e. The number of nitriles is 1. The lowest BCUT2D eigenvalue weighted by molar-refractivity contribution is 0.0129. The van der Waals surface area contributed by atoms with E-state index in [9.17, 15) is 22.4 Å². The van der Waals surface area contributed by atoms with Crippen molar-refractivity contribution in [3.05, 3.63) is 0 Å². The van der Waals surface area contributed by atoms with E-state index < -0.39 is 33.1 Å². The zero-order chi connectivity index (χ0) is 15.6. The van der Waals surface area contributed by atoms with Crippen molar-refractivity contribution in [2.45, 2.75) is 39.2 Å². The molecule has 20 heavy (non-hydrogen) atoms. The van der Waals surface area contributed by atoms with E-state index in [-0.39, 0.29) is 13.0 Å². The van der Waals surface area contributed by atoms with Gasteiger partial charge in [0.1, 0.15) is 11.4 Å². The maximum atomic E-state index is 12.9. The predicted molar refractivity (Wildman–Crippen MR) is 70.0 cm³/mol. The van der Waals surface area contributed by atoms with Gasteiger partial charge in [-0.25, -0.2) is 4.79 Å². The molecule has 1 fully saturated rings. The Kier molecular flexibility index (Phi) is 4.64. The lowest BCUT2D eigenvalue weighted by Crippen LogP contribution is -2.49. The zero-order valence-electron chi connectivity index (χ0n) is 11.8. The molecule has 6 nitrogen and oxygen atoms in total. The molecule has 0 aromatic carbocycles. The maximum absolute atomic E-state index is 12.9. The Morgan fingerprint density at radius 3 is 2.55 bits per heavy atom. The molecule has 1 saturated heterocycles. The fourth-order valence-electron chi connectivity index (χ4n) is 2.19. The molecule has 1 rings (SSSR count). The largest absolute Gasteiger partial charge is 0.444 e. The standard InChI is InChI=1S/C12H19FN2O4S/c1-11(2,3)19-10(16)15-6-4-5-12(7-14,8-15)9-20(13,17)18/h4-6,8-9H2,1-3H3. The van der Waals surface area contributed by atoms with E-state index in [1.165, 1.54) is 4.90 Å². The second-order valence-electron chi connectivity index (χ2n) is 6.08. The molecular weight excluding hydrogens is 287 g/mol. The summed E-state index contributed by atoms with van der Waals surface area (Å²) in [4.78, 5) is 13.2. The number of ether oxygens (including phenoxy) is 1. The molecule has 0 spiro atoms. The fourth-order valence-corrected chi connectivity index (χ4v) is 3.15. The Morgan fingerprint density at radius 2 is 2.10 bits per heavy atom. The summed E-state index contributed by atoms with van der Waals surface area (Å²) in [5, 5.41) is 9.18. The van der Waals surface area contributed by atoms with Crippen LogP contribution in [0.2, 0.25) is 0 Å². The predicted octanol–water partition coefficient (Wildman–Crippen LogP) is 1.83. The first-order valence-corrected chi connectivity index (χ1v) is 7.83. The van der Waals surface area contributed by atoms with Gasteiger partial charge in [0.05, 0.1) is 11.5 Å². The fraction of sp³-hybridized carbons (Fsp3) is 0.833. The lowest BCUT2D eigenvalue weighted by atomic mass is 9.83. The van der Waals surface area contributed by atoms with Gasteiger partial charge in [-0.05, 0) is 33.6 Å². The number of halogens is 1. The van der Waals surface area contributed by atoms with Gasteiger partial charge in [0.25, 0.3) is 0 Å². The topological polar surface area (TPSA) is 87.5 Å². The number of amides is 1. The van der Waals surface area contributed by atoms with Crippen LogP contribution in [0, 0.1) is 16.7 Å². The third-order valence-corrected chi connectivity index (χ3v) is 3.81. The third kappa shape index (κ3) is 4.96. The number of hydrogen-bond acceptors (Lipinski definition) is 5. The molecule has 0 bridgehead atoms. The van der Waals surface area contributed by atoms with Crippen LogP contribution in [-0.2, 0) is 15.0 Å². The molecule has 1 aliphatic heterocycles. The van der Waals surface area contributed by atoms with Gasteiger partial charge >= 0.3 is 16.3 Å². The number of carbonyl (C=O) groups excluding carboxylic acids is 1. The molecule has 0 aromatic heterocycles. The number of rotatable bonds is 2. The van der Waals surface area contributed by atoms with Crippen LogP contribution in [0.25, 0.3) is 0 Å². The van der Waals surface area contributed by atoms with Crippen molar-refractivity contribution in [3.8, 4) is 6.07 Å². The monoisotopic (exact) mass is 306 g/mol. The van der Waals surface area contributed by atoms with Crippen molar-refractivity contribution >= 4 is 16.3 Å². The van der Waals surface area contributed by atoms with Gasteiger partial charge in [0.15, 0.2) is 0 Å². The molecule has 0 saturated carbocycles. The van der Waals surface area contributed by atoms with Gasteiger partial charge < -0.3 is 9.64 Å².